The molecule has 31 heavy (non-hydrogen) atoms. The van der Waals surface area contributed by atoms with E-state index in [0.29, 0.717) is 18.3 Å². The molecule has 168 valence electrons. The van der Waals surface area contributed by atoms with Gasteiger partial charge in [0.05, 0.1) is 18.3 Å². The van der Waals surface area contributed by atoms with Gasteiger partial charge in [0.25, 0.3) is 0 Å². The Bertz CT molecular complexity index is 871. The third-order valence-corrected chi connectivity index (χ3v) is 8.48. The van der Waals surface area contributed by atoms with Crippen molar-refractivity contribution in [1.29, 1.82) is 0 Å². The maximum Gasteiger partial charge on any atom is 0.0861 e. The van der Waals surface area contributed by atoms with Crippen LogP contribution in [0.3, 0.4) is 0 Å². The summed E-state index contributed by atoms with van der Waals surface area (Å²) in [6.45, 7) is 11.5. The summed E-state index contributed by atoms with van der Waals surface area (Å²) in [6.07, 6.45) is 5.22. The zero-order chi connectivity index (χ0) is 22.2. The molecule has 1 saturated carbocycles. The highest BCUT2D eigenvalue weighted by Gasteiger charge is 2.55. The molecule has 0 aromatic heterocycles. The second-order valence-corrected chi connectivity index (χ2v) is 11.0. The molecule has 0 radical (unpaired) electrons. The largest absolute Gasteiger partial charge is 0.393 e. The lowest BCUT2D eigenvalue weighted by Crippen LogP contribution is -2.53. The first-order valence-corrected chi connectivity index (χ1v) is 12.2. The molecule has 1 fully saturated rings. The molecule has 1 unspecified atom stereocenters. The van der Waals surface area contributed by atoms with Crippen LogP contribution in [0.15, 0.2) is 54.6 Å². The van der Waals surface area contributed by atoms with E-state index in [-0.39, 0.29) is 29.1 Å². The van der Waals surface area contributed by atoms with Crippen molar-refractivity contribution < 1.29 is 9.84 Å². The zero-order valence-corrected chi connectivity index (χ0v) is 20.0. The molecule has 0 bridgehead atoms. The Labute approximate surface area is 189 Å². The lowest BCUT2D eigenvalue weighted by molar-refractivity contribution is -0.123. The second kappa shape index (κ2) is 8.71. The minimum atomic E-state index is -0.344. The van der Waals surface area contributed by atoms with Crippen molar-refractivity contribution in [2.75, 3.05) is 0 Å². The number of hydrogen-bond donors (Lipinski definition) is 1. The van der Waals surface area contributed by atoms with Crippen LogP contribution >= 0.6 is 0 Å². The quantitative estimate of drug-likeness (QED) is 0.553. The predicted octanol–water partition coefficient (Wildman–Crippen LogP) is 6.86. The Morgan fingerprint density at radius 1 is 0.968 bits per heavy atom. The van der Waals surface area contributed by atoms with Gasteiger partial charge in [0.2, 0.25) is 0 Å². The average molecular weight is 421 g/mol. The number of aliphatic hydroxyl groups is 1. The molecule has 0 aliphatic heterocycles. The van der Waals surface area contributed by atoms with Crippen molar-refractivity contribution in [3.8, 4) is 0 Å². The topological polar surface area (TPSA) is 29.5 Å². The highest BCUT2D eigenvalue weighted by Crippen LogP contribution is 2.61. The number of benzene rings is 2. The van der Waals surface area contributed by atoms with E-state index in [4.69, 9.17) is 4.74 Å². The van der Waals surface area contributed by atoms with Gasteiger partial charge in [-0.3, -0.25) is 0 Å². The van der Waals surface area contributed by atoms with E-state index in [0.717, 1.165) is 6.42 Å². The number of aliphatic hydroxyl groups excluding tert-OH is 1. The molecule has 0 saturated heterocycles. The van der Waals surface area contributed by atoms with Crippen molar-refractivity contribution >= 4 is 0 Å². The van der Waals surface area contributed by atoms with Crippen LogP contribution in [-0.4, -0.2) is 17.3 Å². The van der Waals surface area contributed by atoms with Crippen molar-refractivity contribution in [3.05, 3.63) is 71.3 Å². The fourth-order valence-corrected chi connectivity index (χ4v) is 7.07. The average Bonchev–Trinajstić information content (AvgIpc) is 2.72. The Balaban J connectivity index is 1.68. The summed E-state index contributed by atoms with van der Waals surface area (Å²) in [5, 5.41) is 9.92. The van der Waals surface area contributed by atoms with Crippen LogP contribution in [0.4, 0.5) is 0 Å². The summed E-state index contributed by atoms with van der Waals surface area (Å²) in [5.74, 6) is 1.09. The molecule has 0 amide bonds. The van der Waals surface area contributed by atoms with Crippen LogP contribution in [0.5, 0.6) is 0 Å². The molecule has 2 aliphatic carbocycles. The Morgan fingerprint density at radius 3 is 2.35 bits per heavy atom. The molecule has 2 aliphatic rings. The molecule has 6 atom stereocenters. The summed E-state index contributed by atoms with van der Waals surface area (Å²) in [4.78, 5) is 0. The third kappa shape index (κ3) is 4.22. The maximum atomic E-state index is 9.92. The molecule has 2 aromatic rings. The molecule has 2 aromatic carbocycles. The number of aryl methyl sites for hydroxylation is 1. The van der Waals surface area contributed by atoms with E-state index >= 15 is 0 Å². The minimum absolute atomic E-state index is 0.0291. The van der Waals surface area contributed by atoms with Gasteiger partial charge in [-0.25, -0.2) is 0 Å². The lowest BCUT2D eigenvalue weighted by Gasteiger charge is -2.59. The first-order chi connectivity index (χ1) is 14.7. The van der Waals surface area contributed by atoms with Crippen LogP contribution in [0, 0.1) is 17.3 Å². The standard InChI is InChI=1S/C29H40O2/c1-20(30)19-21(2)31-27(23-12-7-6-8-13-23)25-17-18-29(5)24-14-10-9-11-22(24)15-16-26(29)28(25,3)4/h6-14,20-21,25-27,30H,15-19H2,1-5H3/t20-,21-,25?,26+,27+,29-/m0/s1. The molecule has 2 nitrogen and oxygen atoms in total. The van der Waals surface area contributed by atoms with E-state index in [2.05, 4.69) is 82.3 Å². The second-order valence-electron chi connectivity index (χ2n) is 11.0. The van der Waals surface area contributed by atoms with Gasteiger partial charge in [-0.15, -0.1) is 0 Å². The highest BCUT2D eigenvalue weighted by molar-refractivity contribution is 5.39. The van der Waals surface area contributed by atoms with Gasteiger partial charge in [0, 0.05) is 0 Å². The Kier molecular flexibility index (Phi) is 6.34. The number of fused-ring (bicyclic) bond motifs is 3. The van der Waals surface area contributed by atoms with E-state index in [1.807, 2.05) is 6.92 Å². The first-order valence-electron chi connectivity index (χ1n) is 12.2. The minimum Gasteiger partial charge on any atom is -0.393 e. The predicted molar refractivity (Wildman–Crippen MR) is 128 cm³/mol. The van der Waals surface area contributed by atoms with Gasteiger partial charge in [-0.1, -0.05) is 75.4 Å². The SMILES string of the molecule is C[C@H](O)C[C@H](C)O[C@H](c1ccccc1)C1CC[C@@]2(C)c3ccccc3CC[C@@H]2C1(C)C. The smallest absolute Gasteiger partial charge is 0.0861 e. The number of hydrogen-bond acceptors (Lipinski definition) is 2. The van der Waals surface area contributed by atoms with Crippen LogP contribution in [0.1, 0.15) is 83.1 Å². The molecule has 2 heteroatoms. The van der Waals surface area contributed by atoms with Gasteiger partial charge in [-0.05, 0) is 85.3 Å². The summed E-state index contributed by atoms with van der Waals surface area (Å²) >= 11 is 0. The first kappa shape index (κ1) is 22.6. The summed E-state index contributed by atoms with van der Waals surface area (Å²) in [5.41, 5.74) is 4.81. The molecule has 1 N–H and O–H groups in total. The maximum absolute atomic E-state index is 9.92. The summed E-state index contributed by atoms with van der Waals surface area (Å²) < 4.78 is 6.74. The van der Waals surface area contributed by atoms with Gasteiger partial charge < -0.3 is 9.84 Å². The van der Waals surface area contributed by atoms with Gasteiger partial charge in [-0.2, -0.15) is 0 Å². The molecule has 4 rings (SSSR count). The van der Waals surface area contributed by atoms with Crippen molar-refractivity contribution in [3.63, 3.8) is 0 Å². The monoisotopic (exact) mass is 420 g/mol. The van der Waals surface area contributed by atoms with Crippen LogP contribution in [0.2, 0.25) is 0 Å². The summed E-state index contributed by atoms with van der Waals surface area (Å²) in [6, 6.07) is 19.9. The van der Waals surface area contributed by atoms with Crippen LogP contribution < -0.4 is 0 Å². The van der Waals surface area contributed by atoms with E-state index < -0.39 is 0 Å². The Hall–Kier alpha value is -1.64. The molecular formula is C29H40O2. The van der Waals surface area contributed by atoms with Crippen molar-refractivity contribution in [2.45, 2.75) is 90.4 Å². The van der Waals surface area contributed by atoms with E-state index in [9.17, 15) is 5.11 Å². The molecule has 0 spiro atoms. The van der Waals surface area contributed by atoms with E-state index in [1.165, 1.54) is 24.8 Å². The fraction of sp³-hybridized carbons (Fsp3) is 0.586. The van der Waals surface area contributed by atoms with Gasteiger partial charge in [0.1, 0.15) is 0 Å². The third-order valence-electron chi connectivity index (χ3n) is 8.48. The van der Waals surface area contributed by atoms with Gasteiger partial charge >= 0.3 is 0 Å². The number of rotatable bonds is 6. The summed E-state index contributed by atoms with van der Waals surface area (Å²) in [7, 11) is 0. The van der Waals surface area contributed by atoms with Crippen molar-refractivity contribution in [1.82, 2.24) is 0 Å². The number of ether oxygens (including phenoxy) is 1. The van der Waals surface area contributed by atoms with Crippen LogP contribution in [-0.2, 0) is 16.6 Å². The lowest BCUT2D eigenvalue weighted by atomic mass is 9.46. The normalized spacial score (nSPS) is 30.0. The van der Waals surface area contributed by atoms with Gasteiger partial charge in [0.15, 0.2) is 0 Å². The highest BCUT2D eigenvalue weighted by atomic mass is 16.5. The Morgan fingerprint density at radius 2 is 1.65 bits per heavy atom. The van der Waals surface area contributed by atoms with E-state index in [1.54, 1.807) is 11.1 Å². The molecule has 0 heterocycles. The zero-order valence-electron chi connectivity index (χ0n) is 20.0. The fourth-order valence-electron chi connectivity index (χ4n) is 7.07. The molecular weight excluding hydrogens is 380 g/mol. The van der Waals surface area contributed by atoms with Crippen LogP contribution in [0.25, 0.3) is 0 Å². The van der Waals surface area contributed by atoms with Crippen molar-refractivity contribution in [2.24, 2.45) is 17.3 Å².